The van der Waals surface area contributed by atoms with E-state index >= 15 is 0 Å². The first-order valence-corrected chi connectivity index (χ1v) is 35.5. The van der Waals surface area contributed by atoms with E-state index in [1.807, 2.05) is 6.08 Å². The number of aliphatic hydroxyl groups excluding tert-OH is 5. The third-order valence-corrected chi connectivity index (χ3v) is 17.2. The lowest BCUT2D eigenvalue weighted by atomic mass is 9.99. The molecule has 11 nitrogen and oxygen atoms in total. The molecule has 81 heavy (non-hydrogen) atoms. The second-order valence-electron chi connectivity index (χ2n) is 25.0. The molecular formula is C70H135NO10. The molecule has 8 atom stereocenters. The summed E-state index contributed by atoms with van der Waals surface area (Å²) in [5.74, 6) is -1.17. The molecule has 1 aliphatic rings. The molecule has 11 heteroatoms. The zero-order chi connectivity index (χ0) is 58.9. The van der Waals surface area contributed by atoms with Crippen LogP contribution >= 0.6 is 0 Å². The van der Waals surface area contributed by atoms with E-state index in [9.17, 15) is 35.1 Å². The molecule has 8 unspecified atom stereocenters. The molecule has 0 aliphatic carbocycles. The molecule has 1 fully saturated rings. The van der Waals surface area contributed by atoms with Gasteiger partial charge in [0.15, 0.2) is 12.4 Å². The summed E-state index contributed by atoms with van der Waals surface area (Å²) in [6, 6.07) is -1.02. The minimum Gasteiger partial charge on any atom is -0.454 e. The highest BCUT2D eigenvalue weighted by molar-refractivity contribution is 5.80. The maximum absolute atomic E-state index is 13.5. The summed E-state index contributed by atoms with van der Waals surface area (Å²) >= 11 is 0. The molecule has 1 saturated heterocycles. The fourth-order valence-corrected chi connectivity index (χ4v) is 11.6. The van der Waals surface area contributed by atoms with Crippen molar-refractivity contribution in [2.45, 2.75) is 410 Å². The summed E-state index contributed by atoms with van der Waals surface area (Å²) in [6.07, 6.45) is 58.4. The number of unbranched alkanes of at least 4 members (excludes halogenated alkanes) is 48. The number of aliphatic hydroxyl groups is 5. The van der Waals surface area contributed by atoms with Crippen molar-refractivity contribution in [3.05, 3.63) is 12.2 Å². The van der Waals surface area contributed by atoms with Gasteiger partial charge in [-0.15, -0.1) is 0 Å². The second-order valence-corrected chi connectivity index (χ2v) is 25.0. The Kier molecular flexibility index (Phi) is 56.2. The Labute approximate surface area is 499 Å². The third-order valence-electron chi connectivity index (χ3n) is 17.2. The van der Waals surface area contributed by atoms with Crippen molar-refractivity contribution < 1.29 is 49.3 Å². The minimum absolute atomic E-state index is 0.131. The van der Waals surface area contributed by atoms with Crippen molar-refractivity contribution in [3.8, 4) is 0 Å². The van der Waals surface area contributed by atoms with E-state index in [1.54, 1.807) is 6.08 Å². The number of nitrogens with one attached hydrogen (secondary N) is 1. The number of carbonyl (C=O) groups excluding carboxylic acids is 2. The van der Waals surface area contributed by atoms with Gasteiger partial charge in [0.25, 0.3) is 0 Å². The normalized spacial score (nSPS) is 18.6. The minimum atomic E-state index is -1.61. The van der Waals surface area contributed by atoms with E-state index in [1.165, 1.54) is 257 Å². The molecule has 0 radical (unpaired) electrons. The molecule has 1 amide bonds. The van der Waals surface area contributed by atoms with Crippen molar-refractivity contribution in [3.63, 3.8) is 0 Å². The van der Waals surface area contributed by atoms with Crippen LogP contribution in [0.2, 0.25) is 0 Å². The van der Waals surface area contributed by atoms with E-state index in [0.29, 0.717) is 19.3 Å². The topological polar surface area (TPSA) is 175 Å². The number of ether oxygens (including phenoxy) is 3. The summed E-state index contributed by atoms with van der Waals surface area (Å²) in [7, 11) is 0. The standard InChI is InChI=1S/C70H135NO10/c1-4-7-10-13-16-19-22-24-26-27-28-29-30-31-32-33-34-35-36-38-39-42-45-48-51-54-57-63(74)69(78)71-61(62(73)56-53-50-47-44-41-21-18-15-12-9-6-3)60-79-70-68(67(77)66(76)64(59-72)80-70)81-65(75)58-55-52-49-46-43-40-37-25-23-20-17-14-11-8-5-2/h53,56,61-64,66-68,70,72-74,76-77H,4-52,54-55,57-60H2,1-3H3,(H,71,78)/b56-53+. The van der Waals surface area contributed by atoms with Gasteiger partial charge in [-0.3, -0.25) is 9.59 Å². The van der Waals surface area contributed by atoms with Crippen molar-refractivity contribution in [1.82, 2.24) is 5.32 Å². The zero-order valence-corrected chi connectivity index (χ0v) is 53.4. The maximum atomic E-state index is 13.5. The van der Waals surface area contributed by atoms with Crippen LogP contribution in [0.5, 0.6) is 0 Å². The summed E-state index contributed by atoms with van der Waals surface area (Å²) in [5, 5.41) is 57.1. The van der Waals surface area contributed by atoms with Crippen molar-refractivity contribution >= 4 is 11.9 Å². The summed E-state index contributed by atoms with van der Waals surface area (Å²) < 4.78 is 17.7. The Morgan fingerprint density at radius 2 is 0.802 bits per heavy atom. The number of allylic oxidation sites excluding steroid dienone is 1. The predicted octanol–water partition coefficient (Wildman–Crippen LogP) is 17.9. The lowest BCUT2D eigenvalue weighted by molar-refractivity contribution is -0.305. The molecule has 0 aromatic heterocycles. The number of amides is 1. The van der Waals surface area contributed by atoms with Gasteiger partial charge in [-0.2, -0.15) is 0 Å². The highest BCUT2D eigenvalue weighted by Crippen LogP contribution is 2.27. The highest BCUT2D eigenvalue weighted by atomic mass is 16.7. The molecule has 0 bridgehead atoms. The third kappa shape index (κ3) is 46.3. The van der Waals surface area contributed by atoms with Gasteiger partial charge in [0.05, 0.1) is 25.4 Å². The Bertz CT molecular complexity index is 1370. The first kappa shape index (κ1) is 77.4. The smallest absolute Gasteiger partial charge is 0.306 e. The van der Waals surface area contributed by atoms with Crippen LogP contribution in [0, 0.1) is 0 Å². The maximum Gasteiger partial charge on any atom is 0.306 e. The van der Waals surface area contributed by atoms with E-state index in [-0.39, 0.29) is 13.0 Å². The van der Waals surface area contributed by atoms with Gasteiger partial charge >= 0.3 is 5.97 Å². The molecule has 1 rings (SSSR count). The number of carbonyl (C=O) groups is 2. The van der Waals surface area contributed by atoms with E-state index in [0.717, 1.165) is 57.8 Å². The Hall–Kier alpha value is -1.60. The van der Waals surface area contributed by atoms with Crippen LogP contribution in [-0.2, 0) is 23.8 Å². The lowest BCUT2D eigenvalue weighted by Gasteiger charge is -2.41. The van der Waals surface area contributed by atoms with E-state index < -0.39 is 67.4 Å². The molecule has 0 saturated carbocycles. The van der Waals surface area contributed by atoms with Gasteiger partial charge < -0.3 is 45.1 Å². The van der Waals surface area contributed by atoms with E-state index in [4.69, 9.17) is 14.2 Å². The zero-order valence-electron chi connectivity index (χ0n) is 53.4. The Balaban J connectivity index is 2.51. The lowest BCUT2D eigenvalue weighted by Crippen LogP contribution is -2.61. The van der Waals surface area contributed by atoms with Crippen molar-refractivity contribution in [2.75, 3.05) is 13.2 Å². The molecule has 1 heterocycles. The monoisotopic (exact) mass is 1150 g/mol. The van der Waals surface area contributed by atoms with Crippen LogP contribution in [-0.4, -0.2) is 99.6 Å². The Morgan fingerprint density at radius 3 is 1.16 bits per heavy atom. The van der Waals surface area contributed by atoms with Gasteiger partial charge in [-0.25, -0.2) is 0 Å². The molecule has 0 spiro atoms. The SMILES string of the molecule is CCCCCCCCCCC/C=C/C(O)C(COC1OC(CO)C(O)C(O)C1OC(=O)CCCCCCCCCCCCCCCCC)NC(=O)C(O)CCCCCCCCCCCCCCCCCCCCCCCCCCCC. The van der Waals surface area contributed by atoms with Crippen LogP contribution in [0.15, 0.2) is 12.2 Å². The first-order chi connectivity index (χ1) is 39.7. The fourth-order valence-electron chi connectivity index (χ4n) is 11.6. The largest absolute Gasteiger partial charge is 0.454 e. The molecule has 0 aromatic carbocycles. The van der Waals surface area contributed by atoms with Crippen LogP contribution in [0.25, 0.3) is 0 Å². The second kappa shape index (κ2) is 58.8. The number of hydrogen-bond donors (Lipinski definition) is 6. The number of hydrogen-bond acceptors (Lipinski definition) is 10. The van der Waals surface area contributed by atoms with Crippen LogP contribution in [0.3, 0.4) is 0 Å². The average Bonchev–Trinajstić information content (AvgIpc) is 3.51. The van der Waals surface area contributed by atoms with Crippen molar-refractivity contribution in [2.24, 2.45) is 0 Å². The molecular weight excluding hydrogens is 1010 g/mol. The highest BCUT2D eigenvalue weighted by Gasteiger charge is 2.47. The first-order valence-electron chi connectivity index (χ1n) is 35.5. The average molecular weight is 1150 g/mol. The molecule has 1 aliphatic heterocycles. The van der Waals surface area contributed by atoms with Gasteiger partial charge in [0.1, 0.15) is 24.4 Å². The van der Waals surface area contributed by atoms with Gasteiger partial charge in [0, 0.05) is 6.42 Å². The quantitative estimate of drug-likeness (QED) is 0.0195. The Morgan fingerprint density at radius 1 is 0.469 bits per heavy atom. The predicted molar refractivity (Wildman–Crippen MR) is 338 cm³/mol. The van der Waals surface area contributed by atoms with E-state index in [2.05, 4.69) is 26.1 Å². The van der Waals surface area contributed by atoms with Crippen LogP contribution in [0.4, 0.5) is 0 Å². The van der Waals surface area contributed by atoms with Crippen LogP contribution in [0.1, 0.15) is 361 Å². The number of esters is 1. The number of rotatable bonds is 62. The summed E-state index contributed by atoms with van der Waals surface area (Å²) in [4.78, 5) is 26.6. The fraction of sp³-hybridized carbons (Fsp3) is 0.943. The molecule has 6 N–H and O–H groups in total. The van der Waals surface area contributed by atoms with Crippen LogP contribution < -0.4 is 5.32 Å². The summed E-state index contributed by atoms with van der Waals surface area (Å²) in [6.45, 7) is 5.84. The van der Waals surface area contributed by atoms with Crippen molar-refractivity contribution in [1.29, 1.82) is 0 Å². The molecule has 480 valence electrons. The van der Waals surface area contributed by atoms with Gasteiger partial charge in [-0.05, 0) is 25.7 Å². The van der Waals surface area contributed by atoms with Gasteiger partial charge in [-0.1, -0.05) is 341 Å². The van der Waals surface area contributed by atoms with Gasteiger partial charge in [0.2, 0.25) is 5.91 Å². The molecule has 0 aromatic rings. The summed E-state index contributed by atoms with van der Waals surface area (Å²) in [5.41, 5.74) is 0.